The van der Waals surface area contributed by atoms with E-state index >= 15 is 0 Å². The maximum Gasteiger partial charge on any atom is 0.264 e. The molecule has 92 valence electrons. The van der Waals surface area contributed by atoms with E-state index in [1.165, 1.54) is 0 Å². The number of thioether (sulfide) groups is 1. The summed E-state index contributed by atoms with van der Waals surface area (Å²) >= 11 is 1.70. The maximum absolute atomic E-state index is 10.4. The number of aliphatic hydroxyl groups is 1. The molecule has 0 aromatic rings. The lowest BCUT2D eigenvalue weighted by Crippen LogP contribution is -2.34. The van der Waals surface area contributed by atoms with Crippen LogP contribution in [0, 0.1) is 0 Å². The van der Waals surface area contributed by atoms with Gasteiger partial charge in [0.25, 0.3) is 10.1 Å². The van der Waals surface area contributed by atoms with Crippen molar-refractivity contribution in [3.63, 3.8) is 0 Å². The number of nitrogens with one attached hydrogen (secondary N) is 1. The normalized spacial score (nSPS) is 14.1. The van der Waals surface area contributed by atoms with Crippen molar-refractivity contribution in [1.29, 1.82) is 0 Å². The summed E-state index contributed by atoms with van der Waals surface area (Å²) in [5.41, 5.74) is 0. The standard InChI is InChI=1S/C8H19NO4S2/c1-14-5-3-8(7-10)9-4-2-6-15(11,12)13/h8-10H,2-7H2,1H3,(H,11,12,13). The van der Waals surface area contributed by atoms with Crippen molar-refractivity contribution in [1.82, 2.24) is 5.32 Å². The summed E-state index contributed by atoms with van der Waals surface area (Å²) in [5.74, 6) is 0.719. The molecule has 0 bridgehead atoms. The van der Waals surface area contributed by atoms with Crippen LogP contribution in [0.4, 0.5) is 0 Å². The first-order valence-electron chi connectivity index (χ1n) is 4.78. The molecule has 0 radical (unpaired) electrons. The van der Waals surface area contributed by atoms with Gasteiger partial charge in [-0.2, -0.15) is 20.2 Å². The smallest absolute Gasteiger partial charge is 0.264 e. The Morgan fingerprint density at radius 1 is 1.47 bits per heavy atom. The van der Waals surface area contributed by atoms with E-state index in [0.29, 0.717) is 13.0 Å². The third-order valence-corrected chi connectivity index (χ3v) is 3.35. The van der Waals surface area contributed by atoms with E-state index in [2.05, 4.69) is 5.32 Å². The molecular formula is C8H19NO4S2. The molecule has 0 fully saturated rings. The van der Waals surface area contributed by atoms with Crippen molar-refractivity contribution in [2.24, 2.45) is 0 Å². The van der Waals surface area contributed by atoms with Gasteiger partial charge in [-0.15, -0.1) is 0 Å². The monoisotopic (exact) mass is 257 g/mol. The van der Waals surface area contributed by atoms with Gasteiger partial charge < -0.3 is 10.4 Å². The summed E-state index contributed by atoms with van der Waals surface area (Å²) in [5, 5.41) is 12.0. The van der Waals surface area contributed by atoms with E-state index in [1.807, 2.05) is 6.26 Å². The molecule has 15 heavy (non-hydrogen) atoms. The molecule has 0 rings (SSSR count). The molecule has 0 spiro atoms. The summed E-state index contributed by atoms with van der Waals surface area (Å²) in [6.45, 7) is 0.534. The van der Waals surface area contributed by atoms with Crippen molar-refractivity contribution in [3.8, 4) is 0 Å². The van der Waals surface area contributed by atoms with Crippen molar-refractivity contribution in [2.45, 2.75) is 18.9 Å². The van der Waals surface area contributed by atoms with E-state index in [9.17, 15) is 8.42 Å². The molecule has 0 amide bonds. The second kappa shape index (κ2) is 8.35. The van der Waals surface area contributed by atoms with Crippen LogP contribution in [-0.4, -0.2) is 55.0 Å². The highest BCUT2D eigenvalue weighted by molar-refractivity contribution is 7.98. The first-order valence-corrected chi connectivity index (χ1v) is 7.78. The molecule has 1 atom stereocenters. The molecule has 5 nitrogen and oxygen atoms in total. The van der Waals surface area contributed by atoms with Crippen LogP contribution in [0.2, 0.25) is 0 Å². The Bertz CT molecular complexity index is 243. The third kappa shape index (κ3) is 10.5. The SMILES string of the molecule is CSCCC(CO)NCCCS(=O)(=O)O. The first kappa shape index (κ1) is 15.2. The van der Waals surface area contributed by atoms with Crippen LogP contribution < -0.4 is 5.32 Å². The zero-order chi connectivity index (χ0) is 11.7. The molecule has 0 aliphatic heterocycles. The van der Waals surface area contributed by atoms with Gasteiger partial charge in [-0.25, -0.2) is 0 Å². The van der Waals surface area contributed by atoms with Crippen molar-refractivity contribution in [3.05, 3.63) is 0 Å². The van der Waals surface area contributed by atoms with Gasteiger partial charge in [-0.05, 0) is 31.4 Å². The Hall–Kier alpha value is 0.180. The molecule has 3 N–H and O–H groups in total. The highest BCUT2D eigenvalue weighted by Crippen LogP contribution is 2.00. The fourth-order valence-electron chi connectivity index (χ4n) is 1.08. The lowest BCUT2D eigenvalue weighted by molar-refractivity contribution is 0.240. The number of hydrogen-bond acceptors (Lipinski definition) is 5. The molecule has 1 unspecified atom stereocenters. The second-order valence-electron chi connectivity index (χ2n) is 3.25. The highest BCUT2D eigenvalue weighted by Gasteiger charge is 2.07. The van der Waals surface area contributed by atoms with Crippen molar-refractivity contribution in [2.75, 3.05) is 30.9 Å². The van der Waals surface area contributed by atoms with Gasteiger partial charge in [0.2, 0.25) is 0 Å². The molecule has 0 aliphatic carbocycles. The molecule has 0 heterocycles. The molecular weight excluding hydrogens is 238 g/mol. The topological polar surface area (TPSA) is 86.6 Å². The van der Waals surface area contributed by atoms with E-state index in [4.69, 9.17) is 9.66 Å². The highest BCUT2D eigenvalue weighted by atomic mass is 32.2. The van der Waals surface area contributed by atoms with Crippen LogP contribution in [-0.2, 0) is 10.1 Å². The van der Waals surface area contributed by atoms with E-state index in [1.54, 1.807) is 11.8 Å². The maximum atomic E-state index is 10.4. The average Bonchev–Trinajstić information content (AvgIpc) is 2.15. The lowest BCUT2D eigenvalue weighted by atomic mass is 10.2. The zero-order valence-electron chi connectivity index (χ0n) is 8.85. The fourth-order valence-corrected chi connectivity index (χ4v) is 2.11. The fraction of sp³-hybridized carbons (Fsp3) is 1.00. The van der Waals surface area contributed by atoms with Crippen LogP contribution in [0.25, 0.3) is 0 Å². The summed E-state index contributed by atoms with van der Waals surface area (Å²) in [6.07, 6.45) is 3.20. The molecule has 0 aromatic carbocycles. The molecule has 7 heteroatoms. The van der Waals surface area contributed by atoms with Crippen LogP contribution >= 0.6 is 11.8 Å². The minimum absolute atomic E-state index is 0.0128. The zero-order valence-corrected chi connectivity index (χ0v) is 10.5. The largest absolute Gasteiger partial charge is 0.395 e. The van der Waals surface area contributed by atoms with Crippen LogP contribution in [0.1, 0.15) is 12.8 Å². The van der Waals surface area contributed by atoms with Crippen LogP contribution in [0.15, 0.2) is 0 Å². The number of hydrogen-bond donors (Lipinski definition) is 3. The minimum atomic E-state index is -3.85. The van der Waals surface area contributed by atoms with Crippen LogP contribution in [0.5, 0.6) is 0 Å². The predicted molar refractivity (Wildman–Crippen MR) is 62.9 cm³/mol. The summed E-state index contributed by atoms with van der Waals surface area (Å²) in [7, 11) is -3.85. The summed E-state index contributed by atoms with van der Waals surface area (Å²) in [6, 6.07) is 0.0128. The van der Waals surface area contributed by atoms with Crippen molar-refractivity contribution >= 4 is 21.9 Å². The van der Waals surface area contributed by atoms with Crippen LogP contribution in [0.3, 0.4) is 0 Å². The van der Waals surface area contributed by atoms with Gasteiger partial charge in [-0.1, -0.05) is 0 Å². The van der Waals surface area contributed by atoms with Gasteiger partial charge in [0.05, 0.1) is 12.4 Å². The van der Waals surface area contributed by atoms with Gasteiger partial charge in [-0.3, -0.25) is 4.55 Å². The Kier molecular flexibility index (Phi) is 8.45. The first-order chi connectivity index (χ1) is 6.99. The minimum Gasteiger partial charge on any atom is -0.395 e. The quantitative estimate of drug-likeness (QED) is 0.397. The predicted octanol–water partition coefficient (Wildman–Crippen LogP) is -0.0321. The van der Waals surface area contributed by atoms with Gasteiger partial charge in [0.15, 0.2) is 0 Å². The Balaban J connectivity index is 3.54. The van der Waals surface area contributed by atoms with Gasteiger partial charge in [0, 0.05) is 6.04 Å². The molecule has 0 saturated heterocycles. The molecule has 0 aromatic heterocycles. The summed E-state index contributed by atoms with van der Waals surface area (Å²) in [4.78, 5) is 0. The Morgan fingerprint density at radius 3 is 2.60 bits per heavy atom. The van der Waals surface area contributed by atoms with Gasteiger partial charge in [0.1, 0.15) is 0 Å². The van der Waals surface area contributed by atoms with E-state index in [-0.39, 0.29) is 18.4 Å². The van der Waals surface area contributed by atoms with E-state index in [0.717, 1.165) is 12.2 Å². The van der Waals surface area contributed by atoms with Crippen molar-refractivity contribution < 1.29 is 18.1 Å². The third-order valence-electron chi connectivity index (χ3n) is 1.90. The van der Waals surface area contributed by atoms with Gasteiger partial charge >= 0.3 is 0 Å². The average molecular weight is 257 g/mol. The summed E-state index contributed by atoms with van der Waals surface area (Å²) < 4.78 is 29.3. The lowest BCUT2D eigenvalue weighted by Gasteiger charge is -2.15. The Morgan fingerprint density at radius 2 is 2.13 bits per heavy atom. The molecule has 0 saturated carbocycles. The number of rotatable bonds is 9. The molecule has 0 aliphatic rings. The second-order valence-corrected chi connectivity index (χ2v) is 5.81. The van der Waals surface area contributed by atoms with E-state index < -0.39 is 10.1 Å². The number of aliphatic hydroxyl groups excluding tert-OH is 1. The Labute approximate surface area is 95.4 Å².